The van der Waals surface area contributed by atoms with Crippen LogP contribution in [0.25, 0.3) is 16.7 Å². The van der Waals surface area contributed by atoms with Gasteiger partial charge in [-0.25, -0.2) is 14.6 Å². The molecule has 0 atom stereocenters. The lowest BCUT2D eigenvalue weighted by Gasteiger charge is -2.09. The molecule has 0 spiro atoms. The average Bonchev–Trinajstić information content (AvgIpc) is 3.22. The number of nitrogens with zero attached hydrogens (tertiary/aromatic N) is 4. The topological polar surface area (TPSA) is 79.1 Å². The van der Waals surface area contributed by atoms with E-state index in [2.05, 4.69) is 15.1 Å². The number of aromatic nitrogens is 4. The molecular formula is C22H20N4O3S. The van der Waals surface area contributed by atoms with E-state index < -0.39 is 0 Å². The summed E-state index contributed by atoms with van der Waals surface area (Å²) < 4.78 is 12.3. The Balaban J connectivity index is 1.59. The van der Waals surface area contributed by atoms with Gasteiger partial charge in [0.15, 0.2) is 11.4 Å². The number of methoxy groups -OCH3 is 2. The maximum atomic E-state index is 12.8. The van der Waals surface area contributed by atoms with Crippen LogP contribution in [0, 0.1) is 6.92 Å². The minimum Gasteiger partial charge on any atom is -0.497 e. The number of thioether (sulfide) groups is 1. The molecule has 30 heavy (non-hydrogen) atoms. The molecule has 0 unspecified atom stereocenters. The smallest absolute Gasteiger partial charge is 0.176 e. The van der Waals surface area contributed by atoms with Gasteiger partial charge in [-0.05, 0) is 37.3 Å². The van der Waals surface area contributed by atoms with Crippen molar-refractivity contribution in [2.45, 2.75) is 11.9 Å². The molecule has 0 bridgehead atoms. The molecule has 152 valence electrons. The summed E-state index contributed by atoms with van der Waals surface area (Å²) in [5.41, 5.74) is 3.27. The van der Waals surface area contributed by atoms with Gasteiger partial charge in [-0.2, -0.15) is 5.10 Å². The zero-order valence-corrected chi connectivity index (χ0v) is 17.6. The van der Waals surface area contributed by atoms with Crippen LogP contribution in [0.3, 0.4) is 0 Å². The third-order valence-electron chi connectivity index (χ3n) is 4.65. The van der Waals surface area contributed by atoms with E-state index in [4.69, 9.17) is 9.47 Å². The van der Waals surface area contributed by atoms with Gasteiger partial charge in [0.25, 0.3) is 0 Å². The highest BCUT2D eigenvalue weighted by molar-refractivity contribution is 8.00. The van der Waals surface area contributed by atoms with Crippen molar-refractivity contribution >= 4 is 28.6 Å². The molecule has 0 fully saturated rings. The molecule has 0 aliphatic carbocycles. The maximum absolute atomic E-state index is 12.8. The second-order valence-electron chi connectivity index (χ2n) is 6.59. The van der Waals surface area contributed by atoms with Gasteiger partial charge in [-0.15, -0.1) is 0 Å². The Kier molecular flexibility index (Phi) is 5.67. The van der Waals surface area contributed by atoms with Gasteiger partial charge in [-0.3, -0.25) is 4.79 Å². The highest BCUT2D eigenvalue weighted by Gasteiger charge is 2.17. The van der Waals surface area contributed by atoms with Crippen LogP contribution < -0.4 is 9.47 Å². The van der Waals surface area contributed by atoms with Crippen molar-refractivity contribution < 1.29 is 14.3 Å². The predicted octanol–water partition coefficient (Wildman–Crippen LogP) is 4.12. The number of hydrogen-bond donors (Lipinski definition) is 0. The highest BCUT2D eigenvalue weighted by Crippen LogP contribution is 2.29. The SMILES string of the molecule is COc1ccc(OC)c(C(=O)CSc2ncnc3c2cnn3-c2ccc(C)cc2)c1. The van der Waals surface area contributed by atoms with Gasteiger partial charge in [-0.1, -0.05) is 29.5 Å². The summed E-state index contributed by atoms with van der Waals surface area (Å²) in [7, 11) is 3.10. The van der Waals surface area contributed by atoms with E-state index in [9.17, 15) is 4.79 Å². The molecule has 0 aliphatic rings. The molecule has 0 amide bonds. The van der Waals surface area contributed by atoms with Crippen LogP contribution in [0.5, 0.6) is 11.5 Å². The van der Waals surface area contributed by atoms with E-state index in [1.165, 1.54) is 23.7 Å². The fourth-order valence-electron chi connectivity index (χ4n) is 3.06. The number of carbonyl (C=O) groups excluding carboxylic acids is 1. The Labute approximate surface area is 178 Å². The molecule has 7 nitrogen and oxygen atoms in total. The second-order valence-corrected chi connectivity index (χ2v) is 7.55. The van der Waals surface area contributed by atoms with Crippen LogP contribution >= 0.6 is 11.8 Å². The van der Waals surface area contributed by atoms with Gasteiger partial charge < -0.3 is 9.47 Å². The number of benzene rings is 2. The zero-order chi connectivity index (χ0) is 21.1. The van der Waals surface area contributed by atoms with Gasteiger partial charge in [0, 0.05) is 0 Å². The molecule has 8 heteroatoms. The Hall–Kier alpha value is -3.39. The number of hydrogen-bond acceptors (Lipinski definition) is 7. The van der Waals surface area contributed by atoms with E-state index in [0.717, 1.165) is 11.1 Å². The lowest BCUT2D eigenvalue weighted by molar-refractivity contribution is 0.101. The third-order valence-corrected chi connectivity index (χ3v) is 5.66. The van der Waals surface area contributed by atoms with Crippen LogP contribution in [0.1, 0.15) is 15.9 Å². The van der Waals surface area contributed by atoms with Crippen molar-refractivity contribution in [2.24, 2.45) is 0 Å². The first kappa shape index (κ1) is 19.9. The van der Waals surface area contributed by atoms with Gasteiger partial charge >= 0.3 is 0 Å². The van der Waals surface area contributed by atoms with Crippen LogP contribution in [-0.4, -0.2) is 45.5 Å². The van der Waals surface area contributed by atoms with E-state index in [1.807, 2.05) is 31.2 Å². The van der Waals surface area contributed by atoms with Crippen molar-refractivity contribution in [1.82, 2.24) is 19.7 Å². The van der Waals surface area contributed by atoms with Crippen molar-refractivity contribution in [3.63, 3.8) is 0 Å². The Morgan fingerprint density at radius 2 is 1.87 bits per heavy atom. The number of ether oxygens (including phenoxy) is 2. The fraction of sp³-hybridized carbons (Fsp3) is 0.182. The molecule has 0 radical (unpaired) electrons. The summed E-state index contributed by atoms with van der Waals surface area (Å²) >= 11 is 1.35. The van der Waals surface area contributed by atoms with Crippen molar-refractivity contribution in [3.8, 4) is 17.2 Å². The Bertz CT molecular complexity index is 1200. The van der Waals surface area contributed by atoms with E-state index >= 15 is 0 Å². The molecular weight excluding hydrogens is 400 g/mol. The summed E-state index contributed by atoms with van der Waals surface area (Å²) in [5, 5.41) is 5.97. The van der Waals surface area contributed by atoms with Gasteiger partial charge in [0.1, 0.15) is 22.9 Å². The maximum Gasteiger partial charge on any atom is 0.176 e. The summed E-state index contributed by atoms with van der Waals surface area (Å²) in [6, 6.07) is 13.2. The van der Waals surface area contributed by atoms with Crippen LogP contribution in [-0.2, 0) is 0 Å². The Morgan fingerprint density at radius 1 is 1.07 bits per heavy atom. The first-order valence-corrected chi connectivity index (χ1v) is 10.2. The summed E-state index contributed by atoms with van der Waals surface area (Å²) in [6.45, 7) is 2.04. The molecule has 2 aromatic carbocycles. The lowest BCUT2D eigenvalue weighted by Crippen LogP contribution is -2.06. The molecule has 0 saturated carbocycles. The normalized spacial score (nSPS) is 10.9. The van der Waals surface area contributed by atoms with Gasteiger partial charge in [0.2, 0.25) is 0 Å². The third kappa shape index (κ3) is 3.86. The molecule has 4 aromatic rings. The van der Waals surface area contributed by atoms with Crippen LogP contribution in [0.2, 0.25) is 0 Å². The van der Waals surface area contributed by atoms with Crippen molar-refractivity contribution in [1.29, 1.82) is 0 Å². The molecule has 0 aliphatic heterocycles. The number of carbonyl (C=O) groups is 1. The predicted molar refractivity (Wildman–Crippen MR) is 116 cm³/mol. The average molecular weight is 420 g/mol. The fourth-order valence-corrected chi connectivity index (χ4v) is 3.90. The standard InChI is InChI=1S/C22H20N4O3S/c1-14-4-6-15(7-5-14)26-21-18(11-25-26)22(24-13-23-21)30-12-19(27)17-10-16(28-2)8-9-20(17)29-3/h4-11,13H,12H2,1-3H3. The highest BCUT2D eigenvalue weighted by atomic mass is 32.2. The van der Waals surface area contributed by atoms with Crippen LogP contribution in [0.4, 0.5) is 0 Å². The molecule has 4 rings (SSSR count). The van der Waals surface area contributed by atoms with Gasteiger partial charge in [0.05, 0.1) is 42.8 Å². The first-order valence-electron chi connectivity index (χ1n) is 9.24. The van der Waals surface area contributed by atoms with E-state index in [-0.39, 0.29) is 11.5 Å². The number of ketones is 1. The van der Waals surface area contributed by atoms with Crippen molar-refractivity contribution in [3.05, 3.63) is 66.1 Å². The van der Waals surface area contributed by atoms with Crippen LogP contribution in [0.15, 0.2) is 60.0 Å². The lowest BCUT2D eigenvalue weighted by atomic mass is 10.1. The summed E-state index contributed by atoms with van der Waals surface area (Å²) in [6.07, 6.45) is 3.22. The first-order chi connectivity index (χ1) is 14.6. The minimum absolute atomic E-state index is 0.0755. The number of aryl methyl sites for hydroxylation is 1. The number of Topliss-reactive ketones (excluding diaryl/α,β-unsaturated/α-hetero) is 1. The number of fused-ring (bicyclic) bond motifs is 1. The minimum atomic E-state index is -0.0755. The molecule has 2 aromatic heterocycles. The zero-order valence-electron chi connectivity index (χ0n) is 16.8. The summed E-state index contributed by atoms with van der Waals surface area (Å²) in [5.74, 6) is 1.24. The second kappa shape index (κ2) is 8.54. The monoisotopic (exact) mass is 420 g/mol. The number of rotatable bonds is 7. The van der Waals surface area contributed by atoms with E-state index in [1.54, 1.807) is 43.3 Å². The Morgan fingerprint density at radius 3 is 2.60 bits per heavy atom. The quantitative estimate of drug-likeness (QED) is 0.253. The molecule has 0 saturated heterocycles. The summed E-state index contributed by atoms with van der Waals surface area (Å²) in [4.78, 5) is 21.6. The van der Waals surface area contributed by atoms with E-state index in [0.29, 0.717) is 27.7 Å². The molecule has 2 heterocycles. The molecule has 0 N–H and O–H groups in total. The van der Waals surface area contributed by atoms with Crippen molar-refractivity contribution in [2.75, 3.05) is 20.0 Å². The largest absolute Gasteiger partial charge is 0.497 e.